The second-order valence-electron chi connectivity index (χ2n) is 4.43. The topological polar surface area (TPSA) is 135 Å². The summed E-state index contributed by atoms with van der Waals surface area (Å²) >= 11 is 0. The molecule has 2 rings (SSSR count). The van der Waals surface area contributed by atoms with Gasteiger partial charge >= 0.3 is 0 Å². The molecular weight excluding hydrogens is 332 g/mol. The standard InChI is InChI=1S/C12H12N2O6S2/c15-21(16,17)11(9-1-5-13-6-2-9)12(22(18,19)20)10-3-7-14-8-4-10/h1-8,11-12H,(H,15,16,17)(H,18,19,20). The summed E-state index contributed by atoms with van der Waals surface area (Å²) in [6.45, 7) is 0. The van der Waals surface area contributed by atoms with E-state index in [0.29, 0.717) is 0 Å². The third-order valence-corrected chi connectivity index (χ3v) is 5.53. The maximum atomic E-state index is 11.7. The molecule has 22 heavy (non-hydrogen) atoms. The van der Waals surface area contributed by atoms with Crippen molar-refractivity contribution < 1.29 is 25.9 Å². The van der Waals surface area contributed by atoms with Crippen LogP contribution in [0.3, 0.4) is 0 Å². The fourth-order valence-electron chi connectivity index (χ4n) is 2.11. The third kappa shape index (κ3) is 3.65. The summed E-state index contributed by atoms with van der Waals surface area (Å²) in [7, 11) is -9.67. The quantitative estimate of drug-likeness (QED) is 0.768. The second-order valence-corrected chi connectivity index (χ2v) is 7.51. The van der Waals surface area contributed by atoms with Gasteiger partial charge in [-0.15, -0.1) is 0 Å². The molecule has 2 atom stereocenters. The van der Waals surface area contributed by atoms with Crippen LogP contribution in [0.25, 0.3) is 0 Å². The Bertz CT molecular complexity index is 764. The Kier molecular flexibility index (Phi) is 4.56. The normalized spacial score (nSPS) is 15.2. The van der Waals surface area contributed by atoms with E-state index >= 15 is 0 Å². The summed E-state index contributed by atoms with van der Waals surface area (Å²) in [6, 6.07) is 4.99. The molecule has 10 heteroatoms. The highest BCUT2D eigenvalue weighted by molar-refractivity contribution is 7.90. The van der Waals surface area contributed by atoms with Crippen molar-refractivity contribution in [2.24, 2.45) is 0 Å². The molecule has 0 radical (unpaired) electrons. The van der Waals surface area contributed by atoms with Gasteiger partial charge in [-0.1, -0.05) is 0 Å². The summed E-state index contributed by atoms with van der Waals surface area (Å²) in [5.74, 6) is 0. The van der Waals surface area contributed by atoms with E-state index in [4.69, 9.17) is 0 Å². The van der Waals surface area contributed by atoms with Crippen LogP contribution in [0.5, 0.6) is 0 Å². The Labute approximate surface area is 127 Å². The zero-order valence-electron chi connectivity index (χ0n) is 11.0. The minimum absolute atomic E-state index is 0.0167. The van der Waals surface area contributed by atoms with Gasteiger partial charge in [-0.05, 0) is 35.4 Å². The fraction of sp³-hybridized carbons (Fsp3) is 0.167. The summed E-state index contributed by atoms with van der Waals surface area (Å²) in [4.78, 5) is 7.41. The Hall–Kier alpha value is -1.88. The number of nitrogens with zero attached hydrogens (tertiary/aromatic N) is 2. The van der Waals surface area contributed by atoms with E-state index < -0.39 is 30.7 Å². The van der Waals surface area contributed by atoms with Crippen LogP contribution in [-0.2, 0) is 20.2 Å². The van der Waals surface area contributed by atoms with Crippen LogP contribution in [0.15, 0.2) is 49.1 Å². The summed E-state index contributed by atoms with van der Waals surface area (Å²) in [6.07, 6.45) is 5.00. The molecule has 0 saturated heterocycles. The number of aromatic nitrogens is 2. The van der Waals surface area contributed by atoms with Crippen molar-refractivity contribution >= 4 is 20.2 Å². The summed E-state index contributed by atoms with van der Waals surface area (Å²) in [5.41, 5.74) is -0.0334. The van der Waals surface area contributed by atoms with Crippen LogP contribution in [0.4, 0.5) is 0 Å². The lowest BCUT2D eigenvalue weighted by Gasteiger charge is -2.23. The van der Waals surface area contributed by atoms with Gasteiger partial charge in [0.05, 0.1) is 0 Å². The lowest BCUT2D eigenvalue weighted by Crippen LogP contribution is -2.26. The molecule has 2 aromatic rings. The highest BCUT2D eigenvalue weighted by Gasteiger charge is 2.42. The molecule has 8 nitrogen and oxygen atoms in total. The first-order chi connectivity index (χ1) is 10.2. The smallest absolute Gasteiger partial charge is 0.273 e. The van der Waals surface area contributed by atoms with Gasteiger partial charge in [0, 0.05) is 24.8 Å². The Balaban J connectivity index is 2.71. The van der Waals surface area contributed by atoms with E-state index in [1.807, 2.05) is 0 Å². The molecule has 0 fully saturated rings. The third-order valence-electron chi connectivity index (χ3n) is 2.99. The van der Waals surface area contributed by atoms with Gasteiger partial charge in [-0.2, -0.15) is 16.8 Å². The lowest BCUT2D eigenvalue weighted by atomic mass is 10.1. The number of hydrogen-bond donors (Lipinski definition) is 2. The van der Waals surface area contributed by atoms with E-state index in [1.54, 1.807) is 0 Å². The van der Waals surface area contributed by atoms with Gasteiger partial charge in [-0.3, -0.25) is 19.1 Å². The first-order valence-electron chi connectivity index (χ1n) is 5.93. The Morgan fingerprint density at radius 1 is 0.682 bits per heavy atom. The number of rotatable bonds is 5. The Morgan fingerprint density at radius 2 is 0.955 bits per heavy atom. The van der Waals surface area contributed by atoms with Crippen LogP contribution in [0.2, 0.25) is 0 Å². The van der Waals surface area contributed by atoms with E-state index in [0.717, 1.165) is 0 Å². The molecule has 2 aromatic heterocycles. The fourth-order valence-corrected chi connectivity index (χ4v) is 4.90. The first kappa shape index (κ1) is 16.5. The predicted molar refractivity (Wildman–Crippen MR) is 77.1 cm³/mol. The van der Waals surface area contributed by atoms with Crippen molar-refractivity contribution in [1.29, 1.82) is 0 Å². The molecule has 2 heterocycles. The number of hydrogen-bond acceptors (Lipinski definition) is 6. The maximum absolute atomic E-state index is 11.7. The molecule has 2 unspecified atom stereocenters. The van der Waals surface area contributed by atoms with Crippen molar-refractivity contribution in [2.45, 2.75) is 10.5 Å². The zero-order chi connectivity index (χ0) is 16.4. The minimum atomic E-state index is -4.84. The lowest BCUT2D eigenvalue weighted by molar-refractivity contribution is 0.441. The van der Waals surface area contributed by atoms with Crippen molar-refractivity contribution in [1.82, 2.24) is 9.97 Å². The van der Waals surface area contributed by atoms with Crippen LogP contribution in [-0.4, -0.2) is 35.9 Å². The molecule has 0 aliphatic carbocycles. The molecule has 0 aliphatic rings. The van der Waals surface area contributed by atoms with Crippen molar-refractivity contribution in [3.8, 4) is 0 Å². The van der Waals surface area contributed by atoms with Crippen molar-refractivity contribution in [3.05, 3.63) is 60.2 Å². The average molecular weight is 344 g/mol. The summed E-state index contributed by atoms with van der Waals surface area (Å²) < 4.78 is 65.9. The first-order valence-corrected chi connectivity index (χ1v) is 8.94. The highest BCUT2D eigenvalue weighted by Crippen LogP contribution is 2.39. The molecule has 0 bridgehead atoms. The maximum Gasteiger partial charge on any atom is 0.273 e. The van der Waals surface area contributed by atoms with Crippen LogP contribution >= 0.6 is 0 Å². The van der Waals surface area contributed by atoms with E-state index in [9.17, 15) is 25.9 Å². The van der Waals surface area contributed by atoms with Gasteiger partial charge < -0.3 is 0 Å². The average Bonchev–Trinajstić information content (AvgIpc) is 2.44. The highest BCUT2D eigenvalue weighted by atomic mass is 32.2. The van der Waals surface area contributed by atoms with E-state index in [-0.39, 0.29) is 11.1 Å². The van der Waals surface area contributed by atoms with Crippen LogP contribution < -0.4 is 0 Å². The summed E-state index contributed by atoms with van der Waals surface area (Å²) in [5, 5.41) is -3.79. The molecule has 0 spiro atoms. The molecule has 118 valence electrons. The van der Waals surface area contributed by atoms with Gasteiger partial charge in [0.15, 0.2) is 0 Å². The van der Waals surface area contributed by atoms with E-state index in [2.05, 4.69) is 9.97 Å². The van der Waals surface area contributed by atoms with E-state index in [1.165, 1.54) is 49.1 Å². The minimum Gasteiger partial charge on any atom is -0.285 e. The molecule has 0 amide bonds. The van der Waals surface area contributed by atoms with Gasteiger partial charge in [-0.25, -0.2) is 0 Å². The van der Waals surface area contributed by atoms with Crippen molar-refractivity contribution in [2.75, 3.05) is 0 Å². The van der Waals surface area contributed by atoms with Gasteiger partial charge in [0.1, 0.15) is 10.5 Å². The van der Waals surface area contributed by atoms with Crippen LogP contribution in [0.1, 0.15) is 21.6 Å². The SMILES string of the molecule is O=S(=O)(O)C(c1ccncc1)C(c1ccncc1)S(=O)(=O)O. The number of pyridine rings is 2. The molecule has 0 saturated carbocycles. The molecule has 0 aromatic carbocycles. The monoisotopic (exact) mass is 344 g/mol. The van der Waals surface area contributed by atoms with Gasteiger partial charge in [0.25, 0.3) is 20.2 Å². The largest absolute Gasteiger partial charge is 0.285 e. The van der Waals surface area contributed by atoms with Gasteiger partial charge in [0.2, 0.25) is 0 Å². The van der Waals surface area contributed by atoms with Crippen LogP contribution in [0, 0.1) is 0 Å². The van der Waals surface area contributed by atoms with Crippen molar-refractivity contribution in [3.63, 3.8) is 0 Å². The molecule has 2 N–H and O–H groups in total. The Morgan fingerprint density at radius 3 is 1.18 bits per heavy atom. The predicted octanol–water partition coefficient (Wildman–Crippen LogP) is 1.03. The molecular formula is C12H12N2O6S2. The zero-order valence-corrected chi connectivity index (χ0v) is 12.6. The molecule has 0 aliphatic heterocycles. The second kappa shape index (κ2) is 6.08.